The lowest BCUT2D eigenvalue weighted by Crippen LogP contribution is -2.50. The molecule has 7 rings (SSSR count). The molecule has 222 valence electrons. The number of aliphatic hydroxyl groups excluding tert-OH is 1. The summed E-state index contributed by atoms with van der Waals surface area (Å²) in [5, 5.41) is 20.4. The Balaban J connectivity index is 1.15. The number of aromatic nitrogens is 1. The first-order valence-electron chi connectivity index (χ1n) is 16.2. The van der Waals surface area contributed by atoms with Crippen molar-refractivity contribution in [3.8, 4) is 22.9 Å². The van der Waals surface area contributed by atoms with Crippen molar-refractivity contribution in [2.75, 3.05) is 5.73 Å². The van der Waals surface area contributed by atoms with Crippen molar-refractivity contribution < 1.29 is 9.84 Å². The molecule has 7 atom stereocenters. The summed E-state index contributed by atoms with van der Waals surface area (Å²) < 4.78 is 6.01. The number of ether oxygens (including phenoxy) is 1. The Kier molecular flexibility index (Phi) is 7.09. The third-order valence-electron chi connectivity index (χ3n) is 12.0. The maximum atomic E-state index is 10.4. The third kappa shape index (κ3) is 4.75. The standard InChI is InChI=1S/C38H43N3O2/c1-37-18-16-27(42)20-26(37)10-13-29-32-14-15-34(38(32,2)19-17-33(29)37)35-21-30(31(22-39)36(40)41-35)25-8-11-28(12-9-25)43-23-24-6-4-3-5-7-24/h3-12,21,27,29,32-34,42H,13-20,23H2,1-2H3,(H2,40,41)/t27-,29-,32-,33-,34+,37-,38-/m0/s1. The first kappa shape index (κ1) is 28.2. The van der Waals surface area contributed by atoms with Crippen LogP contribution in [0.3, 0.4) is 0 Å². The van der Waals surface area contributed by atoms with Crippen LogP contribution >= 0.6 is 0 Å². The highest BCUT2D eigenvalue weighted by atomic mass is 16.5. The summed E-state index contributed by atoms with van der Waals surface area (Å²) in [4.78, 5) is 4.91. The number of fused-ring (bicyclic) bond motifs is 5. The van der Waals surface area contributed by atoms with E-state index >= 15 is 0 Å². The molecule has 0 amide bonds. The molecule has 5 nitrogen and oxygen atoms in total. The second kappa shape index (κ2) is 10.8. The van der Waals surface area contributed by atoms with Gasteiger partial charge in [0.15, 0.2) is 0 Å². The molecule has 0 aliphatic heterocycles. The van der Waals surface area contributed by atoms with Crippen LogP contribution in [0.1, 0.15) is 88.0 Å². The number of pyridine rings is 1. The molecule has 4 aliphatic rings. The van der Waals surface area contributed by atoms with E-state index in [1.54, 1.807) is 0 Å². The average molecular weight is 574 g/mol. The van der Waals surface area contributed by atoms with E-state index in [0.717, 1.165) is 60.2 Å². The SMILES string of the molecule is C[C@]12CC[C@H]3[C@@H](CC=C4C[C@@H](O)CC[C@@]43C)[C@@H]1CC[C@@H]2c1cc(-c2ccc(OCc3ccccc3)cc2)c(C#N)c(N)n1. The van der Waals surface area contributed by atoms with Crippen LogP contribution in [-0.2, 0) is 6.61 Å². The lowest BCUT2D eigenvalue weighted by molar-refractivity contribution is -0.0412. The maximum Gasteiger partial charge on any atom is 0.142 e. The molecule has 4 aliphatic carbocycles. The Labute approximate surface area is 255 Å². The predicted molar refractivity (Wildman–Crippen MR) is 170 cm³/mol. The molecular weight excluding hydrogens is 530 g/mol. The van der Waals surface area contributed by atoms with Gasteiger partial charge in [-0.3, -0.25) is 0 Å². The van der Waals surface area contributed by atoms with Crippen molar-refractivity contribution in [1.29, 1.82) is 5.26 Å². The highest BCUT2D eigenvalue weighted by Gasteiger charge is 2.59. The monoisotopic (exact) mass is 573 g/mol. The van der Waals surface area contributed by atoms with Gasteiger partial charge >= 0.3 is 0 Å². The zero-order chi connectivity index (χ0) is 29.8. The minimum atomic E-state index is -0.166. The van der Waals surface area contributed by atoms with Crippen LogP contribution in [-0.4, -0.2) is 16.2 Å². The Hall–Kier alpha value is -3.62. The quantitative estimate of drug-likeness (QED) is 0.300. The second-order valence-corrected chi connectivity index (χ2v) is 14.1. The first-order chi connectivity index (χ1) is 20.8. The van der Waals surface area contributed by atoms with Gasteiger partial charge in [-0.05, 0) is 109 Å². The summed E-state index contributed by atoms with van der Waals surface area (Å²) in [6, 6.07) is 22.6. The van der Waals surface area contributed by atoms with Gasteiger partial charge in [-0.1, -0.05) is 68.0 Å². The van der Waals surface area contributed by atoms with Gasteiger partial charge in [-0.2, -0.15) is 5.26 Å². The fourth-order valence-electron chi connectivity index (χ4n) is 9.71. The van der Waals surface area contributed by atoms with E-state index in [0.29, 0.717) is 41.7 Å². The van der Waals surface area contributed by atoms with Gasteiger partial charge in [0.05, 0.1) is 6.10 Å². The molecule has 3 N–H and O–H groups in total. The van der Waals surface area contributed by atoms with Gasteiger partial charge in [0.2, 0.25) is 0 Å². The molecule has 0 unspecified atom stereocenters. The van der Waals surface area contributed by atoms with Gasteiger partial charge < -0.3 is 15.6 Å². The molecular formula is C38H43N3O2. The van der Waals surface area contributed by atoms with Gasteiger partial charge in [0, 0.05) is 17.2 Å². The first-order valence-corrected chi connectivity index (χ1v) is 16.2. The molecule has 1 heterocycles. The number of anilines is 1. The number of rotatable bonds is 5. The number of benzene rings is 2. The molecule has 0 spiro atoms. The molecule has 2 aromatic carbocycles. The van der Waals surface area contributed by atoms with Crippen molar-refractivity contribution in [2.24, 2.45) is 28.6 Å². The average Bonchev–Trinajstić information content (AvgIpc) is 3.38. The number of hydrogen-bond donors (Lipinski definition) is 2. The van der Waals surface area contributed by atoms with E-state index in [1.807, 2.05) is 42.5 Å². The van der Waals surface area contributed by atoms with Crippen LogP contribution in [0.2, 0.25) is 0 Å². The number of nitrogen functional groups attached to an aromatic ring is 1. The molecule has 43 heavy (non-hydrogen) atoms. The fourth-order valence-corrected chi connectivity index (χ4v) is 9.71. The fraction of sp³-hybridized carbons (Fsp3) is 0.474. The van der Waals surface area contributed by atoms with Crippen LogP contribution in [0, 0.1) is 39.9 Å². The summed E-state index contributed by atoms with van der Waals surface area (Å²) in [7, 11) is 0. The topological polar surface area (TPSA) is 92.2 Å². The summed E-state index contributed by atoms with van der Waals surface area (Å²) in [6.45, 7) is 5.51. The minimum Gasteiger partial charge on any atom is -0.489 e. The highest BCUT2D eigenvalue weighted by molar-refractivity contribution is 5.76. The predicted octanol–water partition coefficient (Wildman–Crippen LogP) is 8.19. The lowest BCUT2D eigenvalue weighted by atomic mass is 9.47. The molecule has 5 heteroatoms. The van der Waals surface area contributed by atoms with E-state index in [-0.39, 0.29) is 16.9 Å². The maximum absolute atomic E-state index is 10.4. The largest absolute Gasteiger partial charge is 0.489 e. The van der Waals surface area contributed by atoms with E-state index < -0.39 is 0 Å². The normalized spacial score (nSPS) is 33.0. The minimum absolute atomic E-state index is 0.164. The third-order valence-corrected chi connectivity index (χ3v) is 12.0. The molecule has 3 aromatic rings. The number of nitriles is 1. The summed E-state index contributed by atoms with van der Waals surface area (Å²) >= 11 is 0. The summed E-state index contributed by atoms with van der Waals surface area (Å²) in [5.74, 6) is 3.49. The van der Waals surface area contributed by atoms with Crippen molar-refractivity contribution in [2.45, 2.75) is 83.8 Å². The molecule has 0 radical (unpaired) electrons. The van der Waals surface area contributed by atoms with Crippen molar-refractivity contribution >= 4 is 5.82 Å². The van der Waals surface area contributed by atoms with Crippen molar-refractivity contribution in [3.05, 3.63) is 89.1 Å². The van der Waals surface area contributed by atoms with Crippen LogP contribution in [0.5, 0.6) is 5.75 Å². The Morgan fingerprint density at radius 3 is 2.56 bits per heavy atom. The smallest absolute Gasteiger partial charge is 0.142 e. The summed E-state index contributed by atoms with van der Waals surface area (Å²) in [5.41, 5.74) is 12.9. The van der Waals surface area contributed by atoms with E-state index in [4.69, 9.17) is 15.5 Å². The van der Waals surface area contributed by atoms with Crippen molar-refractivity contribution in [3.63, 3.8) is 0 Å². The number of nitrogens with two attached hydrogens (primary N) is 1. The van der Waals surface area contributed by atoms with Gasteiger partial charge in [0.1, 0.15) is 29.8 Å². The van der Waals surface area contributed by atoms with Crippen LogP contribution < -0.4 is 10.5 Å². The molecule has 3 saturated carbocycles. The lowest BCUT2D eigenvalue weighted by Gasteiger charge is -2.58. The number of aliphatic hydroxyl groups is 1. The Bertz CT molecular complexity index is 1580. The van der Waals surface area contributed by atoms with Crippen molar-refractivity contribution in [1.82, 2.24) is 4.98 Å². The zero-order valence-corrected chi connectivity index (χ0v) is 25.4. The zero-order valence-electron chi connectivity index (χ0n) is 25.4. The Morgan fingerprint density at radius 1 is 1.00 bits per heavy atom. The number of hydrogen-bond acceptors (Lipinski definition) is 5. The van der Waals surface area contributed by atoms with Crippen LogP contribution in [0.15, 0.2) is 72.3 Å². The molecule has 3 fully saturated rings. The van der Waals surface area contributed by atoms with Gasteiger partial charge in [-0.15, -0.1) is 0 Å². The molecule has 1 aromatic heterocycles. The van der Waals surface area contributed by atoms with E-state index in [2.05, 4.69) is 44.2 Å². The number of allylic oxidation sites excluding steroid dienone is 1. The molecule has 0 saturated heterocycles. The number of nitrogens with zero attached hydrogens (tertiary/aromatic N) is 2. The van der Waals surface area contributed by atoms with Gasteiger partial charge in [-0.25, -0.2) is 4.98 Å². The van der Waals surface area contributed by atoms with Crippen LogP contribution in [0.4, 0.5) is 5.82 Å². The van der Waals surface area contributed by atoms with E-state index in [1.165, 1.54) is 24.8 Å². The van der Waals surface area contributed by atoms with Crippen LogP contribution in [0.25, 0.3) is 11.1 Å². The Morgan fingerprint density at radius 2 is 1.79 bits per heavy atom. The second-order valence-electron chi connectivity index (χ2n) is 14.1. The van der Waals surface area contributed by atoms with Gasteiger partial charge in [0.25, 0.3) is 0 Å². The highest BCUT2D eigenvalue weighted by Crippen LogP contribution is 2.68. The molecule has 0 bridgehead atoms. The van der Waals surface area contributed by atoms with E-state index in [9.17, 15) is 10.4 Å². The summed E-state index contributed by atoms with van der Waals surface area (Å²) in [6.07, 6.45) is 11.1.